The number of hydrogen-bond acceptors (Lipinski definition) is 4. The molecule has 0 aromatic carbocycles. The van der Waals surface area contributed by atoms with Gasteiger partial charge in [-0.05, 0) is 37.9 Å². The van der Waals surface area contributed by atoms with Crippen LogP contribution in [0.3, 0.4) is 0 Å². The largest absolute Gasteiger partial charge is 0.464 e. The van der Waals surface area contributed by atoms with Crippen LogP contribution in [0, 0.1) is 5.92 Å². The number of nitrogens with one attached hydrogen (secondary N) is 1. The van der Waals surface area contributed by atoms with Gasteiger partial charge in [-0.2, -0.15) is 0 Å². The summed E-state index contributed by atoms with van der Waals surface area (Å²) in [5.41, 5.74) is 0. The Hall–Kier alpha value is -0.810. The molecule has 1 heterocycles. The van der Waals surface area contributed by atoms with E-state index in [0.29, 0.717) is 24.0 Å². The highest BCUT2D eigenvalue weighted by Gasteiger charge is 2.23. The second-order valence-electron chi connectivity index (χ2n) is 5.10. The van der Waals surface area contributed by atoms with Gasteiger partial charge >= 0.3 is 0 Å². The van der Waals surface area contributed by atoms with Crippen LogP contribution in [0.1, 0.15) is 37.2 Å². The lowest BCUT2D eigenvalue weighted by Crippen LogP contribution is -2.15. The number of hydrogen-bond donors (Lipinski definition) is 1. The van der Waals surface area contributed by atoms with Crippen molar-refractivity contribution in [3.05, 3.63) is 23.7 Å². The summed E-state index contributed by atoms with van der Waals surface area (Å²) in [6.45, 7) is 0.628. The zero-order chi connectivity index (χ0) is 13.0. The van der Waals surface area contributed by atoms with Crippen LogP contribution in [0.5, 0.6) is 0 Å². The molecule has 0 radical (unpaired) electrons. The molecule has 0 bridgehead atoms. The van der Waals surface area contributed by atoms with Crippen molar-refractivity contribution in [1.82, 2.24) is 5.32 Å². The van der Waals surface area contributed by atoms with Crippen molar-refractivity contribution in [3.63, 3.8) is 0 Å². The van der Waals surface area contributed by atoms with E-state index in [9.17, 15) is 8.42 Å². The topological polar surface area (TPSA) is 59.3 Å². The molecular weight excluding hydrogens is 250 g/mol. The first-order chi connectivity index (χ1) is 8.59. The lowest BCUT2D eigenvalue weighted by atomic mass is 10.1. The molecule has 1 aliphatic carbocycles. The molecule has 2 rings (SSSR count). The van der Waals surface area contributed by atoms with Crippen LogP contribution in [0.15, 0.2) is 16.5 Å². The van der Waals surface area contributed by atoms with Crippen LogP contribution in [0.2, 0.25) is 0 Å². The first-order valence-electron chi connectivity index (χ1n) is 6.52. The predicted molar refractivity (Wildman–Crippen MR) is 70.9 cm³/mol. The minimum Gasteiger partial charge on any atom is -0.464 e. The van der Waals surface area contributed by atoms with Crippen molar-refractivity contribution < 1.29 is 12.8 Å². The molecule has 0 aliphatic heterocycles. The molecule has 1 aromatic heterocycles. The quantitative estimate of drug-likeness (QED) is 0.861. The maximum absolute atomic E-state index is 12.0. The Balaban J connectivity index is 1.93. The Morgan fingerprint density at radius 3 is 2.61 bits per heavy atom. The van der Waals surface area contributed by atoms with Crippen molar-refractivity contribution in [2.75, 3.05) is 12.8 Å². The van der Waals surface area contributed by atoms with Crippen LogP contribution in [-0.4, -0.2) is 21.2 Å². The van der Waals surface area contributed by atoms with E-state index in [4.69, 9.17) is 4.42 Å². The standard InChI is InChI=1S/C13H21NO3S/c1-14-8-12-6-7-13(17-12)10-18(15,16)9-11-4-2-3-5-11/h6-7,11,14H,2-5,8-10H2,1H3. The normalized spacial score (nSPS) is 17.4. The molecule has 0 saturated heterocycles. The van der Waals surface area contributed by atoms with Crippen molar-refractivity contribution >= 4 is 9.84 Å². The fourth-order valence-corrected chi connectivity index (χ4v) is 4.34. The van der Waals surface area contributed by atoms with E-state index < -0.39 is 9.84 Å². The van der Waals surface area contributed by atoms with Gasteiger partial charge in [0, 0.05) is 0 Å². The maximum atomic E-state index is 12.0. The van der Waals surface area contributed by atoms with E-state index in [0.717, 1.165) is 18.6 Å². The predicted octanol–water partition coefficient (Wildman–Crippen LogP) is 2.10. The Kier molecular flexibility index (Phi) is 4.45. The molecule has 0 atom stereocenters. The Morgan fingerprint density at radius 1 is 1.28 bits per heavy atom. The molecule has 1 aliphatic rings. The third-order valence-corrected chi connectivity index (χ3v) is 5.10. The second kappa shape index (κ2) is 5.89. The van der Waals surface area contributed by atoms with Crippen LogP contribution in [0.4, 0.5) is 0 Å². The third-order valence-electron chi connectivity index (χ3n) is 3.39. The van der Waals surface area contributed by atoms with Crippen molar-refractivity contribution in [1.29, 1.82) is 0 Å². The molecule has 18 heavy (non-hydrogen) atoms. The van der Waals surface area contributed by atoms with E-state index in [1.54, 1.807) is 6.07 Å². The van der Waals surface area contributed by atoms with Gasteiger partial charge < -0.3 is 9.73 Å². The van der Waals surface area contributed by atoms with E-state index in [1.807, 2.05) is 13.1 Å². The van der Waals surface area contributed by atoms with Gasteiger partial charge in [-0.3, -0.25) is 0 Å². The molecule has 1 aromatic rings. The van der Waals surface area contributed by atoms with E-state index in [1.165, 1.54) is 12.8 Å². The highest BCUT2D eigenvalue weighted by Crippen LogP contribution is 2.27. The lowest BCUT2D eigenvalue weighted by molar-refractivity contribution is 0.464. The van der Waals surface area contributed by atoms with Crippen molar-refractivity contribution in [3.8, 4) is 0 Å². The summed E-state index contributed by atoms with van der Waals surface area (Å²) in [5.74, 6) is 2.05. The monoisotopic (exact) mass is 271 g/mol. The van der Waals surface area contributed by atoms with Gasteiger partial charge in [0.05, 0.1) is 12.3 Å². The van der Waals surface area contributed by atoms with E-state index in [-0.39, 0.29) is 5.75 Å². The second-order valence-corrected chi connectivity index (χ2v) is 7.21. The molecule has 1 saturated carbocycles. The summed E-state index contributed by atoms with van der Waals surface area (Å²) in [6.07, 6.45) is 4.46. The van der Waals surface area contributed by atoms with E-state index >= 15 is 0 Å². The molecular formula is C13H21NO3S. The van der Waals surface area contributed by atoms with Gasteiger partial charge in [0.2, 0.25) is 0 Å². The van der Waals surface area contributed by atoms with Crippen LogP contribution in [-0.2, 0) is 22.1 Å². The van der Waals surface area contributed by atoms with Gasteiger partial charge in [0.1, 0.15) is 17.3 Å². The molecule has 1 N–H and O–H groups in total. The zero-order valence-corrected chi connectivity index (χ0v) is 11.6. The summed E-state index contributed by atoms with van der Waals surface area (Å²) >= 11 is 0. The number of sulfone groups is 1. The van der Waals surface area contributed by atoms with E-state index in [2.05, 4.69) is 5.32 Å². The molecule has 0 unspecified atom stereocenters. The fourth-order valence-electron chi connectivity index (χ4n) is 2.58. The highest BCUT2D eigenvalue weighted by molar-refractivity contribution is 7.90. The van der Waals surface area contributed by atoms with Crippen molar-refractivity contribution in [2.24, 2.45) is 5.92 Å². The summed E-state index contributed by atoms with van der Waals surface area (Å²) in [4.78, 5) is 0. The Labute approximate surface area is 109 Å². The van der Waals surface area contributed by atoms with Crippen molar-refractivity contribution in [2.45, 2.75) is 38.0 Å². The minimum atomic E-state index is -3.03. The molecule has 5 heteroatoms. The average molecular weight is 271 g/mol. The van der Waals surface area contributed by atoms with Crippen LogP contribution >= 0.6 is 0 Å². The third kappa shape index (κ3) is 3.85. The molecule has 1 fully saturated rings. The summed E-state index contributed by atoms with van der Waals surface area (Å²) in [5, 5.41) is 2.98. The Bertz CT molecular complexity index is 472. The number of furan rings is 1. The lowest BCUT2D eigenvalue weighted by Gasteiger charge is -2.08. The fraction of sp³-hybridized carbons (Fsp3) is 0.692. The summed E-state index contributed by atoms with van der Waals surface area (Å²) in [6, 6.07) is 3.59. The van der Waals surface area contributed by atoms with Gasteiger partial charge in [-0.1, -0.05) is 12.8 Å². The SMILES string of the molecule is CNCc1ccc(CS(=O)(=O)CC2CCCC2)o1. The Morgan fingerprint density at radius 2 is 1.94 bits per heavy atom. The summed E-state index contributed by atoms with van der Waals surface area (Å²) < 4.78 is 29.6. The molecule has 0 amide bonds. The van der Waals surface area contributed by atoms with Crippen LogP contribution in [0.25, 0.3) is 0 Å². The number of rotatable bonds is 6. The maximum Gasteiger partial charge on any atom is 0.157 e. The highest BCUT2D eigenvalue weighted by atomic mass is 32.2. The first-order valence-corrected chi connectivity index (χ1v) is 8.34. The summed E-state index contributed by atoms with van der Waals surface area (Å²) in [7, 11) is -1.20. The average Bonchev–Trinajstić information content (AvgIpc) is 2.90. The van der Waals surface area contributed by atoms with Gasteiger partial charge in [0.15, 0.2) is 9.84 Å². The molecule has 0 spiro atoms. The molecule has 102 valence electrons. The first kappa shape index (κ1) is 13.6. The van der Waals surface area contributed by atoms with Crippen LogP contribution < -0.4 is 5.32 Å². The smallest absolute Gasteiger partial charge is 0.157 e. The minimum absolute atomic E-state index is 0.0349. The molecule has 4 nitrogen and oxygen atoms in total. The van der Waals surface area contributed by atoms with Gasteiger partial charge in [-0.25, -0.2) is 8.42 Å². The van der Waals surface area contributed by atoms with Gasteiger partial charge in [0.25, 0.3) is 0 Å². The zero-order valence-electron chi connectivity index (χ0n) is 10.8. The van der Waals surface area contributed by atoms with Gasteiger partial charge in [-0.15, -0.1) is 0 Å².